The van der Waals surface area contributed by atoms with Crippen molar-refractivity contribution < 1.29 is 43.9 Å². The fourth-order valence-electron chi connectivity index (χ4n) is 4.58. The average Bonchev–Trinajstić information content (AvgIpc) is 3.78. The van der Waals surface area contributed by atoms with Crippen molar-refractivity contribution in [3.63, 3.8) is 0 Å². The second kappa shape index (κ2) is 10.4. The first-order valence-electron chi connectivity index (χ1n) is 12.5. The molecule has 0 atom stereocenters. The molecule has 2 saturated carbocycles. The van der Waals surface area contributed by atoms with Gasteiger partial charge in [0, 0.05) is 19.2 Å². The average molecular weight is 591 g/mol. The molecule has 1 aliphatic heterocycles. The van der Waals surface area contributed by atoms with Gasteiger partial charge in [-0.25, -0.2) is 39.1 Å². The number of carbonyl (C=O) groups is 1. The van der Waals surface area contributed by atoms with Crippen LogP contribution in [0.1, 0.15) is 60.4 Å². The Morgan fingerprint density at radius 2 is 1.49 bits per heavy atom. The quantitative estimate of drug-likeness (QED) is 0.351. The zero-order valence-corrected chi connectivity index (χ0v) is 22.3. The summed E-state index contributed by atoms with van der Waals surface area (Å²) < 4.78 is 114. The molecule has 0 radical (unpaired) electrons. The molecule has 212 valence electrons. The van der Waals surface area contributed by atoms with Crippen molar-refractivity contribution in [2.24, 2.45) is 5.92 Å². The van der Waals surface area contributed by atoms with Crippen molar-refractivity contribution in [1.82, 2.24) is 9.03 Å². The normalized spacial score (nSPS) is 19.2. The maximum Gasteiger partial charge on any atom is 0.267 e. The minimum absolute atomic E-state index is 0.0371. The van der Waals surface area contributed by atoms with E-state index in [1.165, 1.54) is 6.07 Å². The van der Waals surface area contributed by atoms with Crippen molar-refractivity contribution in [1.29, 1.82) is 0 Å². The van der Waals surface area contributed by atoms with Gasteiger partial charge in [0.1, 0.15) is 11.6 Å². The van der Waals surface area contributed by atoms with Gasteiger partial charge in [0.25, 0.3) is 5.91 Å². The highest BCUT2D eigenvalue weighted by Crippen LogP contribution is 2.45. The number of carbonyl (C=O) groups excluding carboxylic acids is 1. The van der Waals surface area contributed by atoms with Crippen molar-refractivity contribution in [3.8, 4) is 5.75 Å². The first kappa shape index (κ1) is 27.8. The summed E-state index contributed by atoms with van der Waals surface area (Å²) in [6.45, 7) is 0.208. The van der Waals surface area contributed by atoms with Crippen LogP contribution in [0.25, 0.3) is 0 Å². The van der Waals surface area contributed by atoms with Crippen molar-refractivity contribution in [2.45, 2.75) is 54.6 Å². The lowest BCUT2D eigenvalue weighted by molar-refractivity contribution is 0.0977. The van der Waals surface area contributed by atoms with E-state index < -0.39 is 59.4 Å². The van der Waals surface area contributed by atoms with Crippen molar-refractivity contribution in [2.75, 3.05) is 19.7 Å². The Morgan fingerprint density at radius 1 is 0.872 bits per heavy atom. The number of nitrogens with one attached hydrogen (secondary N) is 1. The molecule has 1 N–H and O–H groups in total. The number of sulfonamides is 2. The molecule has 0 aromatic heterocycles. The molecule has 2 aliphatic carbocycles. The zero-order chi connectivity index (χ0) is 28.1. The number of hydrogen-bond donors (Lipinski definition) is 1. The summed E-state index contributed by atoms with van der Waals surface area (Å²) in [7, 11) is -8.08. The highest BCUT2D eigenvalue weighted by atomic mass is 32.2. The molecule has 3 aliphatic rings. The van der Waals surface area contributed by atoms with Gasteiger partial charge in [-0.2, -0.15) is 4.31 Å². The van der Waals surface area contributed by atoms with Crippen LogP contribution in [0.3, 0.4) is 0 Å². The van der Waals surface area contributed by atoms with Crippen LogP contribution in [-0.2, 0) is 20.0 Å². The summed E-state index contributed by atoms with van der Waals surface area (Å²) in [4.78, 5) is 11.8. The molecule has 3 fully saturated rings. The number of amides is 1. The topological polar surface area (TPSA) is 110 Å². The van der Waals surface area contributed by atoms with E-state index in [0.717, 1.165) is 23.2 Å². The van der Waals surface area contributed by atoms with Crippen molar-refractivity contribution >= 4 is 26.0 Å². The van der Waals surface area contributed by atoms with E-state index in [0.29, 0.717) is 43.4 Å². The molecular weight excluding hydrogens is 564 g/mol. The fraction of sp³-hybridized carbons (Fsp3) is 0.480. The summed E-state index contributed by atoms with van der Waals surface area (Å²) in [6.07, 6.45) is 3.24. The molecule has 39 heavy (non-hydrogen) atoms. The number of benzene rings is 2. The standard InChI is InChI=1S/C25H26F4N2O6S2/c26-20-12-23(18(15-1-2-15)11-19(20)25(32)30-38(33,34)16-3-4-16)37-13-14-5-7-31(8-6-14)39(35,36)17-9-21(27)24(29)22(28)10-17/h9-12,14-16H,1-8,13H2,(H,30,32). The number of ether oxygens (including phenoxy) is 1. The van der Waals surface area contributed by atoms with Crippen LogP contribution in [0, 0.1) is 29.2 Å². The molecule has 0 unspecified atom stereocenters. The van der Waals surface area contributed by atoms with Gasteiger partial charge >= 0.3 is 0 Å². The molecule has 8 nitrogen and oxygen atoms in total. The minimum atomic E-state index is -4.24. The Bertz CT molecular complexity index is 1490. The number of piperidine rings is 1. The summed E-state index contributed by atoms with van der Waals surface area (Å²) in [5.74, 6) is -6.70. The predicted molar refractivity (Wildman–Crippen MR) is 131 cm³/mol. The molecule has 1 heterocycles. The fourth-order valence-corrected chi connectivity index (χ4v) is 7.37. The second-order valence-electron chi connectivity index (χ2n) is 10.2. The summed E-state index contributed by atoms with van der Waals surface area (Å²) >= 11 is 0. The van der Waals surface area contributed by atoms with Gasteiger partial charge in [0.05, 0.1) is 22.3 Å². The summed E-state index contributed by atoms with van der Waals surface area (Å²) in [5.41, 5.74) is 0.228. The van der Waals surface area contributed by atoms with Gasteiger partial charge in [0.15, 0.2) is 17.5 Å². The van der Waals surface area contributed by atoms with E-state index in [-0.39, 0.29) is 42.8 Å². The zero-order valence-electron chi connectivity index (χ0n) is 20.6. The molecule has 1 saturated heterocycles. The molecule has 2 aromatic carbocycles. The van der Waals surface area contributed by atoms with E-state index in [1.54, 1.807) is 0 Å². The summed E-state index contributed by atoms with van der Waals surface area (Å²) in [5, 5.41) is -0.630. The summed E-state index contributed by atoms with van der Waals surface area (Å²) in [6, 6.07) is 3.30. The predicted octanol–water partition coefficient (Wildman–Crippen LogP) is 3.82. The van der Waals surface area contributed by atoms with E-state index >= 15 is 0 Å². The van der Waals surface area contributed by atoms with Crippen molar-refractivity contribution in [3.05, 3.63) is 58.7 Å². The number of hydrogen-bond acceptors (Lipinski definition) is 6. The maximum absolute atomic E-state index is 14.9. The first-order valence-corrected chi connectivity index (χ1v) is 15.5. The molecule has 0 spiro atoms. The highest BCUT2D eigenvalue weighted by Gasteiger charge is 2.38. The van der Waals surface area contributed by atoms with Gasteiger partial charge in [-0.05, 0) is 74.1 Å². The Balaban J connectivity index is 1.23. The van der Waals surface area contributed by atoms with Crippen LogP contribution in [-0.4, -0.2) is 52.0 Å². The third kappa shape index (κ3) is 5.92. The monoisotopic (exact) mass is 590 g/mol. The number of rotatable bonds is 9. The molecular formula is C25H26F4N2O6S2. The van der Waals surface area contributed by atoms with Gasteiger partial charge in [-0.3, -0.25) is 4.79 Å². The lowest BCUT2D eigenvalue weighted by Gasteiger charge is -2.31. The Labute approximate surface area is 223 Å². The molecule has 14 heteroatoms. The van der Waals surface area contributed by atoms with Crippen LogP contribution < -0.4 is 9.46 Å². The third-order valence-corrected chi connectivity index (χ3v) is 10.9. The minimum Gasteiger partial charge on any atom is -0.493 e. The molecule has 2 aromatic rings. The van der Waals surface area contributed by atoms with Gasteiger partial charge in [-0.15, -0.1) is 0 Å². The molecule has 1 amide bonds. The number of halogens is 4. The van der Waals surface area contributed by atoms with Gasteiger partial charge in [-0.1, -0.05) is 0 Å². The Morgan fingerprint density at radius 3 is 2.05 bits per heavy atom. The van der Waals surface area contributed by atoms with Crippen LogP contribution in [0.5, 0.6) is 5.75 Å². The highest BCUT2D eigenvalue weighted by molar-refractivity contribution is 7.91. The van der Waals surface area contributed by atoms with E-state index in [9.17, 15) is 39.2 Å². The lowest BCUT2D eigenvalue weighted by Crippen LogP contribution is -2.39. The van der Waals surface area contributed by atoms with E-state index in [4.69, 9.17) is 4.74 Å². The molecule has 5 rings (SSSR count). The molecule has 0 bridgehead atoms. The Kier molecular flexibility index (Phi) is 7.40. The van der Waals surface area contributed by atoms with Crippen LogP contribution in [0.2, 0.25) is 0 Å². The van der Waals surface area contributed by atoms with Gasteiger partial charge in [0.2, 0.25) is 20.0 Å². The largest absolute Gasteiger partial charge is 0.493 e. The van der Waals surface area contributed by atoms with Crippen LogP contribution >= 0.6 is 0 Å². The van der Waals surface area contributed by atoms with Gasteiger partial charge < -0.3 is 4.74 Å². The van der Waals surface area contributed by atoms with E-state index in [1.807, 2.05) is 4.72 Å². The smallest absolute Gasteiger partial charge is 0.267 e. The second-order valence-corrected chi connectivity index (χ2v) is 14.1. The Hall–Kier alpha value is -2.71. The SMILES string of the molecule is O=C(NS(=O)(=O)C1CC1)c1cc(C2CC2)c(OCC2CCN(S(=O)(=O)c3cc(F)c(F)c(F)c3)CC2)cc1F. The van der Waals surface area contributed by atoms with E-state index in [2.05, 4.69) is 0 Å². The maximum atomic E-state index is 14.9. The first-order chi connectivity index (χ1) is 18.4. The van der Waals surface area contributed by atoms with Crippen LogP contribution in [0.15, 0.2) is 29.2 Å². The van der Waals surface area contributed by atoms with Crippen LogP contribution in [0.4, 0.5) is 17.6 Å². The third-order valence-electron chi connectivity index (χ3n) is 7.20. The lowest BCUT2D eigenvalue weighted by atomic mass is 9.99. The number of nitrogens with zero attached hydrogens (tertiary/aromatic N) is 1.